The van der Waals surface area contributed by atoms with Gasteiger partial charge in [-0.2, -0.15) is 0 Å². The van der Waals surface area contributed by atoms with Crippen molar-refractivity contribution in [3.8, 4) is 79.2 Å². The van der Waals surface area contributed by atoms with Crippen LogP contribution in [0.15, 0.2) is 385 Å². The highest BCUT2D eigenvalue weighted by atomic mass is 16.3. The average molecular weight is 1500 g/mol. The first-order valence-corrected chi connectivity index (χ1v) is 40.1. The van der Waals surface area contributed by atoms with Crippen LogP contribution in [0.3, 0.4) is 0 Å². The second-order valence-corrected chi connectivity index (χ2v) is 31.0. The fourth-order valence-electron chi connectivity index (χ4n) is 19.6. The van der Waals surface area contributed by atoms with Crippen LogP contribution in [0.4, 0.5) is 0 Å². The van der Waals surface area contributed by atoms with E-state index < -0.39 is 0 Å². The third-order valence-corrected chi connectivity index (χ3v) is 24.7. The highest BCUT2D eigenvalue weighted by Gasteiger charge is 2.30. The van der Waals surface area contributed by atoms with Gasteiger partial charge in [-0.1, -0.05) is 249 Å². The summed E-state index contributed by atoms with van der Waals surface area (Å²) in [6.45, 7) is 0. The normalized spacial score (nSPS) is 12.2. The van der Waals surface area contributed by atoms with Crippen molar-refractivity contribution in [3.63, 3.8) is 0 Å². The molecule has 0 amide bonds. The Labute approximate surface area is 672 Å². The van der Waals surface area contributed by atoms with E-state index in [1.807, 2.05) is 12.1 Å². The van der Waals surface area contributed by atoms with Gasteiger partial charge in [-0.05, 0) is 149 Å². The SMILES string of the molecule is c1ccc(-c2nc(-c3ccc(-n4c5cccc(-c6ccc7nc(-c8ccc(-n9c%10c(ccc%11oc%12ccccc%12c%11%10)c%10ccc%11c%12ccccc%12n(-c%12cccc%13ccccc%12%13)c%11c%109)cc8)nc(-c8ccccc8)c7c6)c5c5ccc6c7ccc8oc9ccccc9c8c7n(-c7cccc8ccccc78)c6c54)cc3)nc3ccccc23)cc1. The smallest absolute Gasteiger partial charge is 0.160 e. The predicted octanol–water partition coefficient (Wildman–Crippen LogP) is 28.4. The van der Waals surface area contributed by atoms with Gasteiger partial charge in [0.1, 0.15) is 22.3 Å². The average Bonchev–Trinajstić information content (AvgIpc) is 1.53. The van der Waals surface area contributed by atoms with E-state index in [0.717, 1.165) is 220 Å². The zero-order valence-electron chi connectivity index (χ0n) is 63.2. The number of hydrogen-bond acceptors (Lipinski definition) is 6. The molecule has 0 aliphatic rings. The Balaban J connectivity index is 0.685. The number of nitrogens with zero attached hydrogens (tertiary/aromatic N) is 8. The van der Waals surface area contributed by atoms with E-state index in [2.05, 4.69) is 382 Å². The number of aromatic nitrogens is 8. The molecule has 0 radical (unpaired) electrons. The van der Waals surface area contributed by atoms with Crippen LogP contribution in [0.1, 0.15) is 0 Å². The molecule has 0 aliphatic carbocycles. The Morgan fingerprint density at radius 2 is 0.619 bits per heavy atom. The van der Waals surface area contributed by atoms with Gasteiger partial charge in [0.05, 0.1) is 88.7 Å². The Morgan fingerprint density at radius 3 is 1.24 bits per heavy atom. The van der Waals surface area contributed by atoms with E-state index in [9.17, 15) is 0 Å². The topological polar surface area (TPSA) is 97.6 Å². The van der Waals surface area contributed by atoms with Crippen molar-refractivity contribution in [2.45, 2.75) is 0 Å². The van der Waals surface area contributed by atoms with Crippen LogP contribution in [0.5, 0.6) is 0 Å². The van der Waals surface area contributed by atoms with Crippen molar-refractivity contribution in [3.05, 3.63) is 376 Å². The molecule has 118 heavy (non-hydrogen) atoms. The van der Waals surface area contributed by atoms with E-state index >= 15 is 0 Å². The number of benzene rings is 18. The highest BCUT2D eigenvalue weighted by molar-refractivity contribution is 6.33. The summed E-state index contributed by atoms with van der Waals surface area (Å²) < 4.78 is 23.5. The minimum absolute atomic E-state index is 0.626. The molecule has 0 unspecified atom stereocenters. The predicted molar refractivity (Wildman–Crippen MR) is 487 cm³/mol. The van der Waals surface area contributed by atoms with Gasteiger partial charge in [0, 0.05) is 109 Å². The summed E-state index contributed by atoms with van der Waals surface area (Å²) >= 11 is 0. The van der Waals surface area contributed by atoms with Crippen LogP contribution in [0.25, 0.3) is 254 Å². The molecule has 0 saturated heterocycles. The highest BCUT2D eigenvalue weighted by Crippen LogP contribution is 2.51. The van der Waals surface area contributed by atoms with Gasteiger partial charge in [-0.3, -0.25) is 0 Å². The molecule has 26 rings (SSSR count). The van der Waals surface area contributed by atoms with Crippen LogP contribution in [0, 0.1) is 0 Å². The Kier molecular flexibility index (Phi) is 13.5. The molecular weight excluding hydrogens is 1440 g/mol. The summed E-state index contributed by atoms with van der Waals surface area (Å²) in [6, 6.07) is 135. The molecule has 0 atom stereocenters. The molecule has 10 heteroatoms. The van der Waals surface area contributed by atoms with Gasteiger partial charge in [0.15, 0.2) is 11.6 Å². The van der Waals surface area contributed by atoms with Crippen molar-refractivity contribution in [2.75, 3.05) is 0 Å². The van der Waals surface area contributed by atoms with Gasteiger partial charge in [-0.25, -0.2) is 19.9 Å². The fraction of sp³-hybridized carbons (Fsp3) is 0. The van der Waals surface area contributed by atoms with Crippen molar-refractivity contribution in [2.24, 2.45) is 0 Å². The largest absolute Gasteiger partial charge is 0.456 e. The van der Waals surface area contributed by atoms with Crippen molar-refractivity contribution >= 4 is 174 Å². The molecule has 18 aromatic carbocycles. The van der Waals surface area contributed by atoms with E-state index in [-0.39, 0.29) is 0 Å². The summed E-state index contributed by atoms with van der Waals surface area (Å²) in [5, 5.41) is 20.0. The lowest BCUT2D eigenvalue weighted by molar-refractivity contribution is 0.669. The summed E-state index contributed by atoms with van der Waals surface area (Å²) in [7, 11) is 0. The van der Waals surface area contributed by atoms with Crippen molar-refractivity contribution in [1.82, 2.24) is 38.2 Å². The number of hydrogen-bond donors (Lipinski definition) is 0. The third-order valence-electron chi connectivity index (χ3n) is 24.7. The zero-order valence-corrected chi connectivity index (χ0v) is 63.2. The van der Waals surface area contributed by atoms with Crippen LogP contribution in [-0.4, -0.2) is 38.2 Å². The Morgan fingerprint density at radius 1 is 0.203 bits per heavy atom. The quantitative estimate of drug-likeness (QED) is 0.143. The summed E-state index contributed by atoms with van der Waals surface area (Å²) in [5.41, 5.74) is 25.7. The van der Waals surface area contributed by atoms with E-state index in [4.69, 9.17) is 28.8 Å². The lowest BCUT2D eigenvalue weighted by Crippen LogP contribution is -2.00. The minimum atomic E-state index is 0.626. The zero-order chi connectivity index (χ0) is 77.0. The van der Waals surface area contributed by atoms with E-state index in [1.54, 1.807) is 0 Å². The molecule has 8 heterocycles. The first-order chi connectivity index (χ1) is 58.5. The van der Waals surface area contributed by atoms with Crippen molar-refractivity contribution in [1.29, 1.82) is 0 Å². The van der Waals surface area contributed by atoms with Crippen LogP contribution < -0.4 is 0 Å². The van der Waals surface area contributed by atoms with Gasteiger partial charge in [0.25, 0.3) is 0 Å². The first-order valence-electron chi connectivity index (χ1n) is 40.1. The fourth-order valence-corrected chi connectivity index (χ4v) is 19.6. The Bertz CT molecular complexity index is 8800. The second-order valence-electron chi connectivity index (χ2n) is 31.0. The maximum atomic E-state index is 6.79. The number of rotatable bonds is 9. The standard InChI is InChI=1S/C108H62N8O2/c1-3-24-65(25-4-1)99-81-33-11-15-37-86(81)109-107(111-99)67-44-49-70(50-45-67)113-91-41-21-36-74(96(91)84-56-55-80-78-58-61-95-98(83-35-14-18-43-93(83)118-95)102(78)116(105(80)106(84)113)89-40-20-29-64-23-8-10-31-73(64)89)69-48-59-87-85(62-69)100(66-26-5-2-6-27-66)112-108(110-87)68-46-51-71(52-47-68)114-101-77(57-60-94-97(101)82-34-13-17-42-92(82)117-94)79-54-53-76-75-32-12-16-38-90(75)115(104(76)103(79)114)88-39-19-28-63-22-7-9-30-72(63)88/h1-62H. The first kappa shape index (κ1) is 64.5. The molecule has 0 saturated carbocycles. The van der Waals surface area contributed by atoms with Gasteiger partial charge < -0.3 is 27.1 Å². The van der Waals surface area contributed by atoms with Gasteiger partial charge in [0.2, 0.25) is 0 Å². The minimum Gasteiger partial charge on any atom is -0.456 e. The molecule has 8 aromatic heterocycles. The molecular formula is C108H62N8O2. The van der Waals surface area contributed by atoms with E-state index in [1.165, 1.54) is 21.5 Å². The monoisotopic (exact) mass is 1500 g/mol. The van der Waals surface area contributed by atoms with Gasteiger partial charge >= 0.3 is 0 Å². The Hall–Kier alpha value is -16.0. The third kappa shape index (κ3) is 9.27. The maximum Gasteiger partial charge on any atom is 0.160 e. The number of para-hydroxylation sites is 4. The summed E-state index contributed by atoms with van der Waals surface area (Å²) in [5.74, 6) is 1.28. The van der Waals surface area contributed by atoms with Crippen LogP contribution in [0.2, 0.25) is 0 Å². The summed E-state index contributed by atoms with van der Waals surface area (Å²) in [6.07, 6.45) is 0. The van der Waals surface area contributed by atoms with E-state index in [0.29, 0.717) is 11.6 Å². The lowest BCUT2D eigenvalue weighted by atomic mass is 9.96. The molecule has 0 spiro atoms. The molecule has 10 nitrogen and oxygen atoms in total. The maximum absolute atomic E-state index is 6.79. The summed E-state index contributed by atoms with van der Waals surface area (Å²) in [4.78, 5) is 21.9. The van der Waals surface area contributed by atoms with Crippen molar-refractivity contribution < 1.29 is 8.83 Å². The second kappa shape index (κ2) is 24.7. The lowest BCUT2D eigenvalue weighted by Gasteiger charge is -2.15. The molecule has 0 fully saturated rings. The van der Waals surface area contributed by atoms with Crippen LogP contribution >= 0.6 is 0 Å². The molecule has 546 valence electrons. The van der Waals surface area contributed by atoms with Gasteiger partial charge in [-0.15, -0.1) is 0 Å². The molecule has 0 bridgehead atoms. The number of fused-ring (bicyclic) bond motifs is 26. The molecule has 26 aromatic rings. The molecule has 0 N–H and O–H groups in total. The van der Waals surface area contributed by atoms with Crippen LogP contribution in [-0.2, 0) is 0 Å². The molecule has 0 aliphatic heterocycles. The number of furan rings is 2.